The lowest BCUT2D eigenvalue weighted by atomic mass is 9.67. The highest BCUT2D eigenvalue weighted by Crippen LogP contribution is 2.54. The Balaban J connectivity index is 1.36. The maximum Gasteiger partial charge on any atom is 0.0506 e. The minimum absolute atomic E-state index is 0.265. The molecule has 6 aromatic rings. The largest absolute Gasteiger partial charge is 0.311 e. The molecular formula is C40H34N2. The number of para-hydroxylation sites is 2. The van der Waals surface area contributed by atoms with E-state index in [4.69, 9.17) is 0 Å². The monoisotopic (exact) mass is 542 g/mol. The Morgan fingerprint density at radius 1 is 0.452 bits per heavy atom. The van der Waals surface area contributed by atoms with Crippen molar-refractivity contribution in [2.75, 3.05) is 9.80 Å². The highest BCUT2D eigenvalue weighted by Gasteiger charge is 2.41. The van der Waals surface area contributed by atoms with E-state index >= 15 is 0 Å². The summed E-state index contributed by atoms with van der Waals surface area (Å²) < 4.78 is 0. The van der Waals surface area contributed by atoms with Crippen molar-refractivity contribution in [3.8, 4) is 0 Å². The zero-order chi connectivity index (χ0) is 28.7. The topological polar surface area (TPSA) is 6.48 Å². The van der Waals surface area contributed by atoms with Crippen LogP contribution in [0, 0.1) is 13.8 Å². The molecule has 0 radical (unpaired) electrons. The van der Waals surface area contributed by atoms with Crippen molar-refractivity contribution < 1.29 is 0 Å². The van der Waals surface area contributed by atoms with Gasteiger partial charge in [0.05, 0.1) is 11.4 Å². The van der Waals surface area contributed by atoms with E-state index < -0.39 is 0 Å². The van der Waals surface area contributed by atoms with Crippen molar-refractivity contribution in [3.63, 3.8) is 0 Å². The van der Waals surface area contributed by atoms with Crippen LogP contribution in [0.4, 0.5) is 34.1 Å². The molecule has 0 unspecified atom stereocenters. The molecule has 0 saturated heterocycles. The van der Waals surface area contributed by atoms with E-state index in [2.05, 4.69) is 182 Å². The molecule has 0 amide bonds. The van der Waals surface area contributed by atoms with Gasteiger partial charge in [-0.3, -0.25) is 0 Å². The van der Waals surface area contributed by atoms with E-state index in [1.54, 1.807) is 0 Å². The van der Waals surface area contributed by atoms with E-state index in [1.165, 1.54) is 39.2 Å². The van der Waals surface area contributed by atoms with Gasteiger partial charge >= 0.3 is 0 Å². The van der Waals surface area contributed by atoms with Crippen LogP contribution in [0.1, 0.15) is 34.7 Å². The number of hydrogen-bond acceptors (Lipinski definition) is 2. The minimum Gasteiger partial charge on any atom is -0.311 e. The summed E-state index contributed by atoms with van der Waals surface area (Å²) in [4.78, 5) is 4.74. The first-order valence-corrected chi connectivity index (χ1v) is 14.6. The number of rotatable bonds is 5. The Hall–Kier alpha value is -5.08. The molecule has 0 aromatic heterocycles. The smallest absolute Gasteiger partial charge is 0.0506 e. The fourth-order valence-electron chi connectivity index (χ4n) is 6.40. The number of hydrogen-bond donors (Lipinski definition) is 0. The van der Waals surface area contributed by atoms with Gasteiger partial charge in [0, 0.05) is 28.2 Å². The molecule has 1 heterocycles. The highest BCUT2D eigenvalue weighted by molar-refractivity contribution is 5.88. The third-order valence-electron chi connectivity index (χ3n) is 8.67. The second kappa shape index (κ2) is 10.4. The van der Waals surface area contributed by atoms with Gasteiger partial charge in [0.15, 0.2) is 0 Å². The fraction of sp³-hybridized carbons (Fsp3) is 0.100. The van der Waals surface area contributed by atoms with Gasteiger partial charge in [0.2, 0.25) is 0 Å². The van der Waals surface area contributed by atoms with Crippen molar-refractivity contribution >= 4 is 34.1 Å². The standard InChI is InChI=1S/C40H34N2/c1-29-17-21-32(22-18-29)41(33-23-19-30(2)20-24-33)34-25-27-35(28-26-34)42-38-15-9-7-13-36(38)40(3,31-11-5-4-6-12-31)37-14-8-10-16-39(37)42/h4-28H,1-3H3. The van der Waals surface area contributed by atoms with Crippen molar-refractivity contribution in [2.45, 2.75) is 26.2 Å². The molecule has 2 nitrogen and oxygen atoms in total. The molecule has 0 N–H and O–H groups in total. The van der Waals surface area contributed by atoms with Crippen LogP contribution in [-0.4, -0.2) is 0 Å². The Kier molecular flexibility index (Phi) is 6.40. The van der Waals surface area contributed by atoms with Crippen LogP contribution < -0.4 is 9.80 Å². The lowest BCUT2D eigenvalue weighted by Gasteiger charge is -2.44. The molecule has 0 spiro atoms. The van der Waals surface area contributed by atoms with Gasteiger partial charge in [-0.05, 0) is 98.1 Å². The summed E-state index contributed by atoms with van der Waals surface area (Å²) in [5.41, 5.74) is 13.1. The molecule has 2 heteroatoms. The molecule has 0 fully saturated rings. The van der Waals surface area contributed by atoms with Crippen LogP contribution in [0.3, 0.4) is 0 Å². The van der Waals surface area contributed by atoms with Gasteiger partial charge in [-0.25, -0.2) is 0 Å². The van der Waals surface area contributed by atoms with Crippen LogP contribution in [0.2, 0.25) is 0 Å². The van der Waals surface area contributed by atoms with Gasteiger partial charge in [0.1, 0.15) is 0 Å². The molecule has 204 valence electrons. The number of nitrogens with zero attached hydrogens (tertiary/aromatic N) is 2. The SMILES string of the molecule is Cc1ccc(N(c2ccc(C)cc2)c2ccc(N3c4ccccc4C(C)(c4ccccc4)c4ccccc43)cc2)cc1. The second-order valence-corrected chi connectivity index (χ2v) is 11.4. The maximum atomic E-state index is 2.42. The molecule has 1 aliphatic rings. The first-order valence-electron chi connectivity index (χ1n) is 14.6. The molecule has 0 bridgehead atoms. The quantitative estimate of drug-likeness (QED) is 0.214. The first kappa shape index (κ1) is 25.9. The molecule has 0 aliphatic carbocycles. The summed E-state index contributed by atoms with van der Waals surface area (Å²) in [5.74, 6) is 0. The Bertz CT molecular complexity index is 1740. The number of aryl methyl sites for hydroxylation is 2. The molecule has 42 heavy (non-hydrogen) atoms. The van der Waals surface area contributed by atoms with Gasteiger partial charge in [0.25, 0.3) is 0 Å². The van der Waals surface area contributed by atoms with E-state index in [0.717, 1.165) is 22.7 Å². The summed E-state index contributed by atoms with van der Waals surface area (Å²) in [5, 5.41) is 0. The molecular weight excluding hydrogens is 508 g/mol. The average molecular weight is 543 g/mol. The zero-order valence-electron chi connectivity index (χ0n) is 24.3. The van der Waals surface area contributed by atoms with Gasteiger partial charge in [-0.1, -0.05) is 102 Å². The van der Waals surface area contributed by atoms with Crippen LogP contribution in [0.15, 0.2) is 152 Å². The summed E-state index contributed by atoms with van der Waals surface area (Å²) in [6.45, 7) is 6.62. The van der Waals surface area contributed by atoms with E-state index in [9.17, 15) is 0 Å². The van der Waals surface area contributed by atoms with Crippen LogP contribution in [0.5, 0.6) is 0 Å². The van der Waals surface area contributed by atoms with Crippen LogP contribution in [-0.2, 0) is 5.41 Å². The number of fused-ring (bicyclic) bond motifs is 2. The molecule has 1 aliphatic heterocycles. The molecule has 0 saturated carbocycles. The van der Waals surface area contributed by atoms with Crippen molar-refractivity contribution in [1.82, 2.24) is 0 Å². The highest BCUT2D eigenvalue weighted by atomic mass is 15.2. The van der Waals surface area contributed by atoms with E-state index in [0.29, 0.717) is 0 Å². The normalized spacial score (nSPS) is 13.3. The molecule has 6 aromatic carbocycles. The Morgan fingerprint density at radius 3 is 1.33 bits per heavy atom. The Morgan fingerprint density at radius 2 is 0.857 bits per heavy atom. The van der Waals surface area contributed by atoms with Crippen LogP contribution >= 0.6 is 0 Å². The minimum atomic E-state index is -0.265. The zero-order valence-corrected chi connectivity index (χ0v) is 24.3. The lowest BCUT2D eigenvalue weighted by Crippen LogP contribution is -2.34. The van der Waals surface area contributed by atoms with Crippen molar-refractivity contribution in [3.05, 3.63) is 179 Å². The van der Waals surface area contributed by atoms with Crippen molar-refractivity contribution in [1.29, 1.82) is 0 Å². The van der Waals surface area contributed by atoms with Crippen LogP contribution in [0.25, 0.3) is 0 Å². The van der Waals surface area contributed by atoms with E-state index in [1.807, 2.05) is 0 Å². The van der Waals surface area contributed by atoms with Gasteiger partial charge in [-0.2, -0.15) is 0 Å². The van der Waals surface area contributed by atoms with E-state index in [-0.39, 0.29) is 5.41 Å². The number of anilines is 6. The summed E-state index contributed by atoms with van der Waals surface area (Å²) >= 11 is 0. The molecule has 7 rings (SSSR count). The maximum absolute atomic E-state index is 2.42. The number of benzene rings is 6. The summed E-state index contributed by atoms with van der Waals surface area (Å²) in [7, 11) is 0. The molecule has 0 atom stereocenters. The first-order chi connectivity index (χ1) is 20.5. The second-order valence-electron chi connectivity index (χ2n) is 11.4. The Labute approximate surface area is 249 Å². The predicted octanol–water partition coefficient (Wildman–Crippen LogP) is 10.9. The average Bonchev–Trinajstić information content (AvgIpc) is 3.04. The third-order valence-corrected chi connectivity index (χ3v) is 8.67. The predicted molar refractivity (Wildman–Crippen MR) is 177 cm³/mol. The summed E-state index contributed by atoms with van der Waals surface area (Å²) in [6, 6.07) is 55.1. The van der Waals surface area contributed by atoms with Gasteiger partial charge in [-0.15, -0.1) is 0 Å². The summed E-state index contributed by atoms with van der Waals surface area (Å²) in [6.07, 6.45) is 0. The lowest BCUT2D eigenvalue weighted by molar-refractivity contribution is 0.681. The van der Waals surface area contributed by atoms with Crippen molar-refractivity contribution in [2.24, 2.45) is 0 Å². The van der Waals surface area contributed by atoms with Gasteiger partial charge < -0.3 is 9.80 Å². The fourth-order valence-corrected chi connectivity index (χ4v) is 6.40. The third kappa shape index (κ3) is 4.28.